The molecule has 15 amide bonds. The Bertz CT molecular complexity index is 4780. The molecule has 41 nitrogen and oxygen atoms in total. The summed E-state index contributed by atoms with van der Waals surface area (Å²) in [7, 11) is 4.11. The summed E-state index contributed by atoms with van der Waals surface area (Å²) in [6, 6.07) is 8.70. The molecular formula is C79H102N24O17S. The molecule has 7 aromatic rings. The number of H-pyrrole nitrogens is 2. The molecule has 646 valence electrons. The number of nitrogens with one attached hydrogen (secondary N) is 15. The zero-order chi connectivity index (χ0) is 87.8. The van der Waals surface area contributed by atoms with Crippen molar-refractivity contribution in [2.24, 2.45) is 24.2 Å². The first-order valence-electron chi connectivity index (χ1n) is 38.7. The van der Waals surface area contributed by atoms with E-state index in [0.717, 1.165) is 26.9 Å². The Labute approximate surface area is 698 Å². The Hall–Kier alpha value is -13.8. The molecule has 23 N–H and O–H groups in total. The molecular weight excluding hydrogens is 1590 g/mol. The van der Waals surface area contributed by atoms with Gasteiger partial charge in [0.1, 0.15) is 72.2 Å². The fourth-order valence-corrected chi connectivity index (χ4v) is 14.0. The van der Waals surface area contributed by atoms with Crippen molar-refractivity contribution < 1.29 is 82.1 Å². The number of fused-ring (bicyclic) bond motifs is 1. The monoisotopic (exact) mass is 1690 g/mol. The van der Waals surface area contributed by atoms with E-state index < -0.39 is 211 Å². The van der Waals surface area contributed by atoms with Crippen molar-refractivity contribution in [3.05, 3.63) is 168 Å². The number of carbonyl (C=O) groups excluding carboxylic acids is 15. The van der Waals surface area contributed by atoms with Crippen LogP contribution in [0, 0.1) is 5.41 Å². The SMILES string of the molecule is CC[C@@H]1NC(=O)[C@H](Cc2ccccc2)N(C)C(=O)CSC[C@@H](C(=O)NCC(N)=O)NC(=O)[C@H](Cc2cncn2C)NC(=O)[C@@H](CCC(N)=O)NC(=O)[C@H](Cc2c[nH]cn2)NC(=O)[C@H](Cc2ccc(O)cc2)N(C)C(=O)[C@H](CCCNC(=N)N)NC(=O)[C@H](CO)NC(=O)CNC(=O)[C@H](Cc2c[nH]cn2)NC(=O)[C@H](Cc2cccc3ccccc23)NC1=O. The topological polar surface area (TPSA) is 624 Å². The quantitative estimate of drug-likeness (QED) is 0.0153. The molecule has 0 radical (unpaired) electrons. The first-order valence-corrected chi connectivity index (χ1v) is 39.9. The van der Waals surface area contributed by atoms with E-state index in [4.69, 9.17) is 22.6 Å². The van der Waals surface area contributed by atoms with Crippen LogP contribution in [-0.4, -0.2) is 262 Å². The number of likely N-dealkylation sites (N-methyl/N-ethyl adjacent to an activating group) is 2. The van der Waals surface area contributed by atoms with Crippen molar-refractivity contribution in [2.75, 3.05) is 51.8 Å². The van der Waals surface area contributed by atoms with Gasteiger partial charge in [-0.2, -0.15) is 0 Å². The third-order valence-electron chi connectivity index (χ3n) is 19.8. The van der Waals surface area contributed by atoms with Gasteiger partial charge in [-0.15, -0.1) is 11.8 Å². The van der Waals surface area contributed by atoms with Crippen LogP contribution in [0.25, 0.3) is 10.8 Å². The molecule has 11 atom stereocenters. The predicted molar refractivity (Wildman–Crippen MR) is 439 cm³/mol. The van der Waals surface area contributed by atoms with Gasteiger partial charge < -0.3 is 116 Å². The number of aryl methyl sites for hydroxylation is 1. The Morgan fingerprint density at radius 1 is 0.554 bits per heavy atom. The predicted octanol–water partition coefficient (Wildman–Crippen LogP) is -5.11. The van der Waals surface area contributed by atoms with Gasteiger partial charge in [0.2, 0.25) is 88.6 Å². The number of aliphatic hydroxyl groups is 1. The number of phenolic OH excluding ortho intramolecular Hbond substituents is 1. The van der Waals surface area contributed by atoms with E-state index in [-0.39, 0.29) is 75.0 Å². The lowest BCUT2D eigenvalue weighted by Gasteiger charge is -2.33. The van der Waals surface area contributed by atoms with E-state index in [0.29, 0.717) is 27.8 Å². The maximum absolute atomic E-state index is 15.3. The lowest BCUT2D eigenvalue weighted by molar-refractivity contribution is -0.143. The average Bonchev–Trinajstić information content (AvgIpc) is 1.82. The van der Waals surface area contributed by atoms with Crippen LogP contribution in [0.4, 0.5) is 0 Å². The first-order chi connectivity index (χ1) is 57.9. The number of aromatic hydroxyl groups is 1. The highest BCUT2D eigenvalue weighted by Crippen LogP contribution is 2.23. The van der Waals surface area contributed by atoms with Gasteiger partial charge in [-0.25, -0.2) is 15.0 Å². The second-order valence-corrected chi connectivity index (χ2v) is 29.8. The number of hydrogen-bond acceptors (Lipinski definition) is 22. The van der Waals surface area contributed by atoms with Crippen molar-refractivity contribution in [3.8, 4) is 5.75 Å². The van der Waals surface area contributed by atoms with E-state index >= 15 is 19.2 Å². The minimum Gasteiger partial charge on any atom is -0.508 e. The van der Waals surface area contributed by atoms with Crippen LogP contribution in [-0.2, 0) is 117 Å². The van der Waals surface area contributed by atoms with Crippen LogP contribution in [0.5, 0.6) is 5.75 Å². The maximum Gasteiger partial charge on any atom is 0.245 e. The molecule has 0 spiro atoms. The fourth-order valence-electron chi connectivity index (χ4n) is 13.1. The maximum atomic E-state index is 15.3. The van der Waals surface area contributed by atoms with Crippen LogP contribution in [0.2, 0.25) is 0 Å². The van der Waals surface area contributed by atoms with Crippen LogP contribution >= 0.6 is 11.8 Å². The highest BCUT2D eigenvalue weighted by atomic mass is 32.2. The molecule has 4 heterocycles. The number of carbonyl (C=O) groups is 15. The van der Waals surface area contributed by atoms with Crippen molar-refractivity contribution in [1.29, 1.82) is 5.41 Å². The number of primary amides is 2. The Balaban J connectivity index is 1.19. The van der Waals surface area contributed by atoms with E-state index in [1.54, 1.807) is 74.6 Å². The third-order valence-corrected chi connectivity index (χ3v) is 20.8. The summed E-state index contributed by atoms with van der Waals surface area (Å²) in [6.45, 7) is -1.21. The Morgan fingerprint density at radius 2 is 1.09 bits per heavy atom. The first kappa shape index (κ1) is 92.7. The average molecular weight is 1690 g/mol. The van der Waals surface area contributed by atoms with E-state index in [1.165, 1.54) is 80.5 Å². The number of imidazole rings is 3. The second kappa shape index (κ2) is 45.8. The number of hydrogen-bond donors (Lipinski definition) is 20. The summed E-state index contributed by atoms with van der Waals surface area (Å²) in [4.78, 5) is 237. The van der Waals surface area contributed by atoms with Gasteiger partial charge >= 0.3 is 0 Å². The smallest absolute Gasteiger partial charge is 0.245 e. The summed E-state index contributed by atoms with van der Waals surface area (Å²) in [5, 5.41) is 61.2. The molecule has 0 saturated carbocycles. The van der Waals surface area contributed by atoms with Gasteiger partial charge in [-0.05, 0) is 65.3 Å². The molecule has 1 fully saturated rings. The molecule has 42 heteroatoms. The molecule has 0 unspecified atom stereocenters. The Kier molecular flexibility index (Phi) is 35.1. The summed E-state index contributed by atoms with van der Waals surface area (Å²) < 4.78 is 1.51. The number of aliphatic hydroxyl groups excluding tert-OH is 1. The van der Waals surface area contributed by atoms with Crippen LogP contribution in [0.3, 0.4) is 0 Å². The number of guanidine groups is 1. The number of nitrogens with zero attached hydrogens (tertiary/aromatic N) is 6. The highest BCUT2D eigenvalue weighted by molar-refractivity contribution is 8.00. The minimum atomic E-state index is -1.86. The Morgan fingerprint density at radius 3 is 1.69 bits per heavy atom. The molecule has 1 aliphatic rings. The van der Waals surface area contributed by atoms with Crippen molar-refractivity contribution >= 4 is 117 Å². The van der Waals surface area contributed by atoms with Gasteiger partial charge in [-0.1, -0.05) is 91.9 Å². The molecule has 3 aromatic heterocycles. The van der Waals surface area contributed by atoms with E-state index in [1.807, 2.05) is 12.1 Å². The molecule has 0 bridgehead atoms. The van der Waals surface area contributed by atoms with Crippen LogP contribution in [0.15, 0.2) is 135 Å². The zero-order valence-electron chi connectivity index (χ0n) is 66.9. The molecule has 4 aromatic carbocycles. The van der Waals surface area contributed by atoms with Crippen LogP contribution < -0.4 is 81.0 Å². The van der Waals surface area contributed by atoms with Gasteiger partial charge in [0.05, 0.1) is 55.8 Å². The number of rotatable bonds is 24. The highest BCUT2D eigenvalue weighted by Gasteiger charge is 2.40. The van der Waals surface area contributed by atoms with Crippen molar-refractivity contribution in [3.63, 3.8) is 0 Å². The fraction of sp³-hybridized carbons (Fsp3) is 0.405. The summed E-state index contributed by atoms with van der Waals surface area (Å²) in [6.07, 6.45) is 4.86. The van der Waals surface area contributed by atoms with Crippen molar-refractivity contribution in [1.82, 2.24) is 103 Å². The number of amides is 15. The molecule has 121 heavy (non-hydrogen) atoms. The van der Waals surface area contributed by atoms with E-state index in [2.05, 4.69) is 88.7 Å². The van der Waals surface area contributed by atoms with Gasteiger partial charge in [0, 0.05) is 103 Å². The standard InChI is InChI=1S/C79H102N24O17S/c1-5-53-70(112)96-56(29-47-17-11-16-46-15-9-10-18-52(46)47)72(114)97-57(30-48-33-84-41-90-48)68(110)89-37-66(108)92-60(38-104)75(117)95-55(19-12-26-87-79(82)83)78(120)103(4)63(28-45-20-22-51(105)23-21-45)77(119)99-58(31-49-34-85-42-91-49)73(115)94-54(24-25-64(80)106)71(113)98-59(32-50-35-86-43-101(50)2)74(116)100-61(69(111)88-36-65(81)107)39-121-40-67(109)102(3)62(76(118)93-53)27-44-13-7-6-8-14-44/h6-11,13-18,20-23,33-35,41-43,53-63,104-105H,5,12,19,24-32,36-40H2,1-4H3,(H2,80,106)(H2,81,107)(H,84,90)(H,85,91)(H,88,111)(H,89,110)(H,92,108)(H,93,118)(H,94,115)(H,95,117)(H,96,112)(H,97,114)(H,98,113)(H,99,119)(H,100,116)(H4,82,83,87)/t53-,54+,55-,56-,57-,58-,59-,60-,61-,62-,63-/m0/s1. The number of thioether (sulfide) groups is 1. The molecule has 1 saturated heterocycles. The van der Waals surface area contributed by atoms with E-state index in [9.17, 15) is 63.0 Å². The second-order valence-electron chi connectivity index (χ2n) is 28.7. The largest absolute Gasteiger partial charge is 0.508 e. The number of phenols is 1. The summed E-state index contributed by atoms with van der Waals surface area (Å²) >= 11 is 0.804. The van der Waals surface area contributed by atoms with Gasteiger partial charge in [0.15, 0.2) is 5.96 Å². The van der Waals surface area contributed by atoms with Gasteiger partial charge in [0.25, 0.3) is 0 Å². The molecule has 8 rings (SSSR count). The number of aromatic nitrogens is 6. The van der Waals surface area contributed by atoms with Crippen LogP contribution in [0.1, 0.15) is 72.8 Å². The molecule has 1 aliphatic heterocycles. The summed E-state index contributed by atoms with van der Waals surface area (Å²) in [5.41, 5.74) is 18.9. The van der Waals surface area contributed by atoms with Crippen molar-refractivity contribution in [2.45, 2.75) is 144 Å². The number of nitrogens with two attached hydrogens (primary N) is 3. The minimum absolute atomic E-state index is 0.0115. The van der Waals surface area contributed by atoms with Gasteiger partial charge in [-0.3, -0.25) is 77.3 Å². The lowest BCUT2D eigenvalue weighted by Crippen LogP contribution is -2.61. The number of benzene rings is 4. The normalized spacial score (nSPS) is 21.9. The lowest BCUT2D eigenvalue weighted by atomic mass is 9.97. The molecule has 0 aliphatic carbocycles. The summed E-state index contributed by atoms with van der Waals surface area (Å²) in [5.74, 6) is -16.3. The zero-order valence-corrected chi connectivity index (χ0v) is 67.7. The number of aromatic amines is 2. The third kappa shape index (κ3) is 28.5.